The van der Waals surface area contributed by atoms with Crippen LogP contribution in [-0.2, 0) is 6.42 Å². The molecule has 0 amide bonds. The number of rotatable bonds is 11. The largest absolute Gasteiger partial charge is 0.261 e. The maximum absolute atomic E-state index is 4.58. The number of fused-ring (bicyclic) bond motifs is 1. The lowest BCUT2D eigenvalue weighted by molar-refractivity contribution is 0.555. The van der Waals surface area contributed by atoms with Gasteiger partial charge < -0.3 is 0 Å². The summed E-state index contributed by atoms with van der Waals surface area (Å²) in [5.74, 6) is 0. The molecule has 0 aliphatic rings. The van der Waals surface area contributed by atoms with E-state index in [-0.39, 0.29) is 0 Å². The Labute approximate surface area is 136 Å². The Morgan fingerprint density at radius 1 is 0.727 bits per heavy atom. The molecule has 0 N–H and O–H groups in total. The molecule has 0 saturated heterocycles. The van der Waals surface area contributed by atoms with Gasteiger partial charge in [-0.2, -0.15) is 0 Å². The highest BCUT2D eigenvalue weighted by Gasteiger charge is 1.98. The molecule has 1 heteroatoms. The Kier molecular flexibility index (Phi) is 8.01. The van der Waals surface area contributed by atoms with Crippen molar-refractivity contribution in [2.45, 2.75) is 77.6 Å². The Hall–Kier alpha value is -1.37. The fourth-order valence-electron chi connectivity index (χ4n) is 3.06. The third kappa shape index (κ3) is 6.17. The van der Waals surface area contributed by atoms with Gasteiger partial charge in [0.25, 0.3) is 0 Å². The standard InChI is InChI=1S/C21H31N/c1-2-3-4-5-6-7-8-9-10-11-16-21-17-19-14-12-13-15-20(19)18-22-21/h12-15,17-18H,2-11,16H2,1H3. The van der Waals surface area contributed by atoms with Gasteiger partial charge in [-0.15, -0.1) is 0 Å². The lowest BCUT2D eigenvalue weighted by Crippen LogP contribution is -1.90. The first kappa shape index (κ1) is 17.0. The van der Waals surface area contributed by atoms with Crippen molar-refractivity contribution >= 4 is 10.8 Å². The van der Waals surface area contributed by atoms with Gasteiger partial charge in [-0.05, 0) is 24.3 Å². The summed E-state index contributed by atoms with van der Waals surface area (Å²) in [7, 11) is 0. The van der Waals surface area contributed by atoms with Gasteiger partial charge in [0.2, 0.25) is 0 Å². The van der Waals surface area contributed by atoms with Crippen LogP contribution in [0.2, 0.25) is 0 Å². The summed E-state index contributed by atoms with van der Waals surface area (Å²) in [5.41, 5.74) is 1.25. The smallest absolute Gasteiger partial charge is 0.0410 e. The van der Waals surface area contributed by atoms with Crippen LogP contribution in [-0.4, -0.2) is 4.98 Å². The molecule has 0 saturated carbocycles. The van der Waals surface area contributed by atoms with Crippen LogP contribution >= 0.6 is 0 Å². The summed E-state index contributed by atoms with van der Waals surface area (Å²) in [5, 5.41) is 2.56. The van der Waals surface area contributed by atoms with Crippen LogP contribution in [0.25, 0.3) is 10.8 Å². The van der Waals surface area contributed by atoms with E-state index in [2.05, 4.69) is 42.2 Å². The number of aryl methyl sites for hydroxylation is 1. The zero-order chi connectivity index (χ0) is 15.5. The number of unbranched alkanes of at least 4 members (excludes halogenated alkanes) is 9. The van der Waals surface area contributed by atoms with E-state index in [4.69, 9.17) is 0 Å². The van der Waals surface area contributed by atoms with E-state index in [9.17, 15) is 0 Å². The van der Waals surface area contributed by atoms with E-state index < -0.39 is 0 Å². The Bertz CT molecular complexity index is 532. The van der Waals surface area contributed by atoms with Crippen LogP contribution in [0.15, 0.2) is 36.5 Å². The first-order valence-corrected chi connectivity index (χ1v) is 9.24. The average Bonchev–Trinajstić information content (AvgIpc) is 2.56. The topological polar surface area (TPSA) is 12.9 Å². The van der Waals surface area contributed by atoms with Crippen molar-refractivity contribution in [3.63, 3.8) is 0 Å². The van der Waals surface area contributed by atoms with Crippen molar-refractivity contribution in [2.75, 3.05) is 0 Å². The highest BCUT2D eigenvalue weighted by Crippen LogP contribution is 2.16. The Morgan fingerprint density at radius 3 is 2.00 bits per heavy atom. The maximum Gasteiger partial charge on any atom is 0.0410 e. The van der Waals surface area contributed by atoms with Gasteiger partial charge in [0.1, 0.15) is 0 Å². The van der Waals surface area contributed by atoms with Crippen LogP contribution in [0.5, 0.6) is 0 Å². The number of aromatic nitrogens is 1. The van der Waals surface area contributed by atoms with Crippen LogP contribution in [0.1, 0.15) is 76.8 Å². The van der Waals surface area contributed by atoms with E-state index in [0.29, 0.717) is 0 Å². The van der Waals surface area contributed by atoms with Crippen molar-refractivity contribution < 1.29 is 0 Å². The second-order valence-electron chi connectivity index (χ2n) is 6.45. The normalized spacial score (nSPS) is 11.1. The minimum absolute atomic E-state index is 1.13. The maximum atomic E-state index is 4.58. The van der Waals surface area contributed by atoms with Crippen molar-refractivity contribution in [2.24, 2.45) is 0 Å². The highest BCUT2D eigenvalue weighted by molar-refractivity contribution is 5.81. The first-order chi connectivity index (χ1) is 10.9. The summed E-state index contributed by atoms with van der Waals surface area (Å²) >= 11 is 0. The molecule has 0 aliphatic heterocycles. The molecule has 2 rings (SSSR count). The summed E-state index contributed by atoms with van der Waals surface area (Å²) < 4.78 is 0. The molecule has 1 nitrogen and oxygen atoms in total. The molecule has 2 aromatic rings. The molecular formula is C21H31N. The van der Waals surface area contributed by atoms with Crippen molar-refractivity contribution in [3.8, 4) is 0 Å². The molecule has 1 aromatic carbocycles. The lowest BCUT2D eigenvalue weighted by Gasteiger charge is -2.04. The number of nitrogens with zero attached hydrogens (tertiary/aromatic N) is 1. The molecule has 0 spiro atoms. The molecule has 1 aromatic heterocycles. The van der Waals surface area contributed by atoms with E-state index in [1.807, 2.05) is 6.20 Å². The van der Waals surface area contributed by atoms with Gasteiger partial charge in [-0.25, -0.2) is 0 Å². The summed E-state index contributed by atoms with van der Waals surface area (Å²) in [6.45, 7) is 2.28. The van der Waals surface area contributed by atoms with Crippen molar-refractivity contribution in [3.05, 3.63) is 42.2 Å². The Morgan fingerprint density at radius 2 is 1.32 bits per heavy atom. The van der Waals surface area contributed by atoms with Gasteiger partial charge in [-0.3, -0.25) is 4.98 Å². The number of pyridine rings is 1. The summed E-state index contributed by atoms with van der Waals surface area (Å²) in [6, 6.07) is 10.7. The van der Waals surface area contributed by atoms with E-state index >= 15 is 0 Å². The molecule has 1 heterocycles. The van der Waals surface area contributed by atoms with E-state index in [1.165, 1.54) is 80.7 Å². The number of hydrogen-bond donors (Lipinski definition) is 0. The first-order valence-electron chi connectivity index (χ1n) is 9.24. The van der Waals surface area contributed by atoms with Gasteiger partial charge in [0.05, 0.1) is 0 Å². The molecule has 0 radical (unpaired) electrons. The van der Waals surface area contributed by atoms with Crippen LogP contribution in [0, 0.1) is 0 Å². The molecule has 22 heavy (non-hydrogen) atoms. The zero-order valence-electron chi connectivity index (χ0n) is 14.2. The third-order valence-corrected chi connectivity index (χ3v) is 4.47. The minimum Gasteiger partial charge on any atom is -0.261 e. The van der Waals surface area contributed by atoms with Gasteiger partial charge in [0.15, 0.2) is 0 Å². The lowest BCUT2D eigenvalue weighted by atomic mass is 10.0. The third-order valence-electron chi connectivity index (χ3n) is 4.47. The van der Waals surface area contributed by atoms with Crippen LogP contribution < -0.4 is 0 Å². The van der Waals surface area contributed by atoms with Gasteiger partial charge in [-0.1, -0.05) is 89.0 Å². The van der Waals surface area contributed by atoms with E-state index in [0.717, 1.165) is 6.42 Å². The molecule has 0 unspecified atom stereocenters. The number of benzene rings is 1. The van der Waals surface area contributed by atoms with Gasteiger partial charge >= 0.3 is 0 Å². The van der Waals surface area contributed by atoms with Crippen molar-refractivity contribution in [1.82, 2.24) is 4.98 Å². The quantitative estimate of drug-likeness (QED) is 0.421. The molecule has 0 aliphatic carbocycles. The van der Waals surface area contributed by atoms with E-state index in [1.54, 1.807) is 0 Å². The fourth-order valence-corrected chi connectivity index (χ4v) is 3.06. The molecule has 0 atom stereocenters. The fraction of sp³-hybridized carbons (Fsp3) is 0.571. The average molecular weight is 297 g/mol. The molecular weight excluding hydrogens is 266 g/mol. The summed E-state index contributed by atoms with van der Waals surface area (Å²) in [4.78, 5) is 4.58. The Balaban J connectivity index is 1.54. The molecule has 0 bridgehead atoms. The van der Waals surface area contributed by atoms with Crippen LogP contribution in [0.4, 0.5) is 0 Å². The second-order valence-corrected chi connectivity index (χ2v) is 6.45. The highest BCUT2D eigenvalue weighted by atomic mass is 14.7. The molecule has 0 fully saturated rings. The minimum atomic E-state index is 1.13. The van der Waals surface area contributed by atoms with Gasteiger partial charge in [0, 0.05) is 17.3 Å². The SMILES string of the molecule is CCCCCCCCCCCCc1cc2ccccc2cn1. The van der Waals surface area contributed by atoms with Crippen molar-refractivity contribution in [1.29, 1.82) is 0 Å². The second kappa shape index (κ2) is 10.4. The summed E-state index contributed by atoms with van der Waals surface area (Å²) in [6.07, 6.45) is 17.1. The predicted molar refractivity (Wildman–Crippen MR) is 97.3 cm³/mol. The monoisotopic (exact) mass is 297 g/mol. The zero-order valence-corrected chi connectivity index (χ0v) is 14.2. The van der Waals surface area contributed by atoms with Crippen LogP contribution in [0.3, 0.4) is 0 Å². The molecule has 120 valence electrons. The number of hydrogen-bond acceptors (Lipinski definition) is 1. The predicted octanol–water partition coefficient (Wildman–Crippen LogP) is 6.70.